The highest BCUT2D eigenvalue weighted by Crippen LogP contribution is 2.24. The Morgan fingerprint density at radius 1 is 1.29 bits per heavy atom. The summed E-state index contributed by atoms with van der Waals surface area (Å²) in [6, 6.07) is 8.47. The second-order valence-corrected chi connectivity index (χ2v) is 6.55. The van der Waals surface area contributed by atoms with E-state index in [1.54, 1.807) is 0 Å². The molecule has 5 heteroatoms. The van der Waals surface area contributed by atoms with E-state index in [-0.39, 0.29) is 6.04 Å². The fourth-order valence-electron chi connectivity index (χ4n) is 2.29. The van der Waals surface area contributed by atoms with Crippen molar-refractivity contribution in [1.82, 2.24) is 14.7 Å². The number of halogens is 1. The molecule has 0 aliphatic carbocycles. The SMILES string of the molecule is Cc1ccc(CC(N)c2c(Br)cnn2CCN(C)C)cc1. The molecule has 0 aliphatic rings. The number of aryl methyl sites for hydroxylation is 1. The van der Waals surface area contributed by atoms with Crippen molar-refractivity contribution < 1.29 is 0 Å². The van der Waals surface area contributed by atoms with E-state index in [0.717, 1.165) is 29.7 Å². The Morgan fingerprint density at radius 2 is 1.95 bits per heavy atom. The number of rotatable bonds is 6. The molecule has 1 heterocycles. The van der Waals surface area contributed by atoms with Crippen molar-refractivity contribution in [3.05, 3.63) is 51.8 Å². The minimum absolute atomic E-state index is 0.0632. The van der Waals surface area contributed by atoms with Crippen LogP contribution >= 0.6 is 15.9 Å². The number of nitrogens with two attached hydrogens (primary N) is 1. The van der Waals surface area contributed by atoms with E-state index in [1.165, 1.54) is 11.1 Å². The Hall–Kier alpha value is -1.17. The van der Waals surface area contributed by atoms with Gasteiger partial charge in [0.2, 0.25) is 0 Å². The first-order valence-corrected chi connectivity index (χ1v) is 7.93. The van der Waals surface area contributed by atoms with Crippen molar-refractivity contribution in [1.29, 1.82) is 0 Å². The van der Waals surface area contributed by atoms with Crippen LogP contribution in [0.4, 0.5) is 0 Å². The Balaban J connectivity index is 2.12. The van der Waals surface area contributed by atoms with Crippen molar-refractivity contribution >= 4 is 15.9 Å². The van der Waals surface area contributed by atoms with Crippen LogP contribution in [0.15, 0.2) is 34.9 Å². The quantitative estimate of drug-likeness (QED) is 0.871. The minimum atomic E-state index is -0.0632. The number of hydrogen-bond donors (Lipinski definition) is 1. The van der Waals surface area contributed by atoms with E-state index in [1.807, 2.05) is 10.9 Å². The van der Waals surface area contributed by atoms with Gasteiger partial charge in [0.15, 0.2) is 0 Å². The van der Waals surface area contributed by atoms with Gasteiger partial charge in [-0.25, -0.2) is 0 Å². The van der Waals surface area contributed by atoms with Gasteiger partial charge in [-0.05, 0) is 48.9 Å². The summed E-state index contributed by atoms with van der Waals surface area (Å²) in [5.41, 5.74) is 10.00. The number of likely N-dealkylation sites (N-methyl/N-ethyl adjacent to an activating group) is 1. The van der Waals surface area contributed by atoms with Crippen LogP contribution in [-0.2, 0) is 13.0 Å². The summed E-state index contributed by atoms with van der Waals surface area (Å²) < 4.78 is 2.99. The van der Waals surface area contributed by atoms with E-state index in [2.05, 4.69) is 71.2 Å². The molecular weight excluding hydrogens is 328 g/mol. The number of hydrogen-bond acceptors (Lipinski definition) is 3. The molecule has 2 rings (SSSR count). The first kappa shape index (κ1) is 16.2. The maximum Gasteiger partial charge on any atom is 0.0697 e. The molecule has 1 aromatic heterocycles. The molecule has 1 unspecified atom stereocenters. The monoisotopic (exact) mass is 350 g/mol. The lowest BCUT2D eigenvalue weighted by Crippen LogP contribution is -2.24. The number of benzene rings is 1. The zero-order valence-corrected chi connectivity index (χ0v) is 14.5. The van der Waals surface area contributed by atoms with E-state index in [0.29, 0.717) is 0 Å². The Bertz CT molecular complexity index is 574. The lowest BCUT2D eigenvalue weighted by atomic mass is 10.0. The van der Waals surface area contributed by atoms with Crippen LogP contribution in [0.25, 0.3) is 0 Å². The topological polar surface area (TPSA) is 47.1 Å². The number of nitrogens with zero attached hydrogens (tertiary/aromatic N) is 3. The fourth-order valence-corrected chi connectivity index (χ4v) is 2.88. The smallest absolute Gasteiger partial charge is 0.0697 e. The summed E-state index contributed by atoms with van der Waals surface area (Å²) >= 11 is 3.57. The molecule has 0 fully saturated rings. The standard InChI is InChI=1S/C16H23BrN4/c1-12-4-6-13(7-5-12)10-15(18)16-14(17)11-19-21(16)9-8-20(2)3/h4-7,11,15H,8-10,18H2,1-3H3. The molecule has 2 N–H and O–H groups in total. The Labute approximate surface area is 135 Å². The van der Waals surface area contributed by atoms with Crippen molar-refractivity contribution in [2.24, 2.45) is 5.73 Å². The fraction of sp³-hybridized carbons (Fsp3) is 0.438. The van der Waals surface area contributed by atoms with E-state index < -0.39 is 0 Å². The van der Waals surface area contributed by atoms with Gasteiger partial charge in [-0.2, -0.15) is 5.10 Å². The van der Waals surface area contributed by atoms with Crippen molar-refractivity contribution in [3.63, 3.8) is 0 Å². The summed E-state index contributed by atoms with van der Waals surface area (Å²) in [7, 11) is 4.12. The molecule has 0 aliphatic heterocycles. The Kier molecular flexibility index (Phi) is 5.56. The third-order valence-corrected chi connectivity index (χ3v) is 4.13. The molecule has 0 radical (unpaired) electrons. The lowest BCUT2D eigenvalue weighted by molar-refractivity contribution is 0.366. The molecule has 0 bridgehead atoms. The first-order chi connectivity index (χ1) is 9.97. The molecule has 0 saturated carbocycles. The van der Waals surface area contributed by atoms with Crippen LogP contribution in [-0.4, -0.2) is 35.3 Å². The molecule has 2 aromatic rings. The molecule has 0 amide bonds. The summed E-state index contributed by atoms with van der Waals surface area (Å²) in [5.74, 6) is 0. The zero-order chi connectivity index (χ0) is 15.4. The average Bonchev–Trinajstić information content (AvgIpc) is 2.80. The van der Waals surface area contributed by atoms with E-state index in [9.17, 15) is 0 Å². The van der Waals surface area contributed by atoms with Crippen LogP contribution in [0.2, 0.25) is 0 Å². The normalized spacial score (nSPS) is 12.9. The highest BCUT2D eigenvalue weighted by molar-refractivity contribution is 9.10. The van der Waals surface area contributed by atoms with Gasteiger partial charge >= 0.3 is 0 Å². The van der Waals surface area contributed by atoms with Crippen molar-refractivity contribution in [2.45, 2.75) is 25.9 Å². The third-order valence-electron chi connectivity index (χ3n) is 3.52. The third kappa shape index (κ3) is 4.40. The second kappa shape index (κ2) is 7.20. The van der Waals surface area contributed by atoms with Crippen molar-refractivity contribution in [2.75, 3.05) is 20.6 Å². The molecule has 114 valence electrons. The first-order valence-electron chi connectivity index (χ1n) is 7.14. The molecule has 0 spiro atoms. The van der Waals surface area contributed by atoms with Crippen LogP contribution in [0.3, 0.4) is 0 Å². The van der Waals surface area contributed by atoms with Crippen LogP contribution in [0, 0.1) is 6.92 Å². The average molecular weight is 351 g/mol. The van der Waals surface area contributed by atoms with Gasteiger partial charge in [0.1, 0.15) is 0 Å². The second-order valence-electron chi connectivity index (χ2n) is 5.70. The summed E-state index contributed by atoms with van der Waals surface area (Å²) in [4.78, 5) is 2.14. The van der Waals surface area contributed by atoms with Gasteiger partial charge < -0.3 is 10.6 Å². The molecule has 4 nitrogen and oxygen atoms in total. The zero-order valence-electron chi connectivity index (χ0n) is 12.9. The molecule has 21 heavy (non-hydrogen) atoms. The van der Waals surface area contributed by atoms with Gasteiger partial charge in [-0.15, -0.1) is 0 Å². The highest BCUT2D eigenvalue weighted by Gasteiger charge is 2.17. The van der Waals surface area contributed by atoms with E-state index >= 15 is 0 Å². The lowest BCUT2D eigenvalue weighted by Gasteiger charge is -2.17. The highest BCUT2D eigenvalue weighted by atomic mass is 79.9. The predicted molar refractivity (Wildman–Crippen MR) is 90.3 cm³/mol. The summed E-state index contributed by atoms with van der Waals surface area (Å²) in [6.07, 6.45) is 2.65. The van der Waals surface area contributed by atoms with Gasteiger partial charge in [0.05, 0.1) is 29.0 Å². The summed E-state index contributed by atoms with van der Waals surface area (Å²) in [6.45, 7) is 3.88. The number of aromatic nitrogens is 2. The maximum atomic E-state index is 6.41. The molecule has 1 aromatic carbocycles. The van der Waals surface area contributed by atoms with Gasteiger partial charge in [-0.1, -0.05) is 29.8 Å². The van der Waals surface area contributed by atoms with Crippen LogP contribution < -0.4 is 5.73 Å². The largest absolute Gasteiger partial charge is 0.322 e. The summed E-state index contributed by atoms with van der Waals surface area (Å²) in [5, 5.41) is 4.43. The maximum absolute atomic E-state index is 6.41. The van der Waals surface area contributed by atoms with Gasteiger partial charge in [-0.3, -0.25) is 4.68 Å². The molecule has 1 atom stereocenters. The van der Waals surface area contributed by atoms with Crippen molar-refractivity contribution in [3.8, 4) is 0 Å². The van der Waals surface area contributed by atoms with Gasteiger partial charge in [0, 0.05) is 6.54 Å². The molecule has 0 saturated heterocycles. The minimum Gasteiger partial charge on any atom is -0.322 e. The molecular formula is C16H23BrN4. The predicted octanol–water partition coefficient (Wildman–Crippen LogP) is 2.76. The van der Waals surface area contributed by atoms with Gasteiger partial charge in [0.25, 0.3) is 0 Å². The Morgan fingerprint density at radius 3 is 2.57 bits per heavy atom. The van der Waals surface area contributed by atoms with Crippen LogP contribution in [0.5, 0.6) is 0 Å². The van der Waals surface area contributed by atoms with E-state index in [4.69, 9.17) is 5.73 Å². The van der Waals surface area contributed by atoms with Crippen LogP contribution in [0.1, 0.15) is 22.9 Å².